The molecule has 0 fully saturated rings. The van der Waals surface area contributed by atoms with Gasteiger partial charge in [-0.25, -0.2) is 9.97 Å². The highest BCUT2D eigenvalue weighted by Crippen LogP contribution is 2.48. The van der Waals surface area contributed by atoms with Gasteiger partial charge in [0.25, 0.3) is 0 Å². The van der Waals surface area contributed by atoms with Gasteiger partial charge < -0.3 is 4.57 Å². The van der Waals surface area contributed by atoms with Gasteiger partial charge in [0.1, 0.15) is 0 Å². The van der Waals surface area contributed by atoms with E-state index < -0.39 is 0 Å². The van der Waals surface area contributed by atoms with Crippen LogP contribution in [0.2, 0.25) is 0 Å². The maximum absolute atomic E-state index is 5.61. The summed E-state index contributed by atoms with van der Waals surface area (Å²) in [6.45, 7) is 0. The maximum Gasteiger partial charge on any atom is 0.235 e. The first kappa shape index (κ1) is 33.0. The summed E-state index contributed by atoms with van der Waals surface area (Å²) in [6, 6.07) is 70.6. The first-order chi connectivity index (χ1) is 30.3. The van der Waals surface area contributed by atoms with Crippen LogP contribution in [-0.2, 0) is 0 Å². The molecule has 0 atom stereocenters. The summed E-state index contributed by atoms with van der Waals surface area (Å²) < 4.78 is 7.10. The number of fused-ring (bicyclic) bond motifs is 7. The smallest absolute Gasteiger partial charge is 0.235 e. The minimum Gasteiger partial charge on any atom is -0.309 e. The summed E-state index contributed by atoms with van der Waals surface area (Å²) in [5.41, 5.74) is 11.1. The van der Waals surface area contributed by atoms with Gasteiger partial charge in [0.15, 0.2) is 0 Å². The number of thiophene rings is 1. The first-order valence-corrected chi connectivity index (χ1v) is 21.6. The average Bonchev–Trinajstić information content (AvgIpc) is 3.99. The summed E-state index contributed by atoms with van der Waals surface area (Å²) in [6.07, 6.45) is 0. The molecule has 0 radical (unpaired) electrons. The molecule has 0 amide bonds. The van der Waals surface area contributed by atoms with E-state index in [9.17, 15) is 0 Å². The van der Waals surface area contributed by atoms with Crippen molar-refractivity contribution in [2.45, 2.75) is 0 Å². The highest BCUT2D eigenvalue weighted by atomic mass is 32.1. The standard InChI is InChI=1S/C56H32N4S/c1-2-12-33(13-3-1)35-24-26-36(27-25-35)53-55-54(43-18-8-9-23-48(43)61-55)58-56(57-53)60-45-22-11-20-42-40-17-7-6-16-39(40)41-19-10-21-44-49(41)51-46(30-31-47(60)52(51)50(42)45)59(44)38-29-28-34-14-4-5-15-37(34)32-38/h1-32H. The normalized spacial score (nSPS) is 12.3. The molecule has 0 spiro atoms. The van der Waals surface area contributed by atoms with Crippen LogP contribution in [0.4, 0.5) is 0 Å². The van der Waals surface area contributed by atoms with Gasteiger partial charge in [-0.15, -0.1) is 11.3 Å². The fourth-order valence-corrected chi connectivity index (χ4v) is 11.4. The van der Waals surface area contributed by atoms with E-state index in [0.717, 1.165) is 43.6 Å². The first-order valence-electron chi connectivity index (χ1n) is 20.7. The van der Waals surface area contributed by atoms with Crippen molar-refractivity contribution in [1.29, 1.82) is 0 Å². The average molecular weight is 793 g/mol. The van der Waals surface area contributed by atoms with Gasteiger partial charge in [0.05, 0.1) is 38.0 Å². The second-order valence-electron chi connectivity index (χ2n) is 16.1. The lowest BCUT2D eigenvalue weighted by Gasteiger charge is -2.11. The topological polar surface area (TPSA) is 35.6 Å². The van der Waals surface area contributed by atoms with E-state index in [0.29, 0.717) is 5.95 Å². The number of hydrogen-bond donors (Lipinski definition) is 0. The molecule has 4 heterocycles. The highest BCUT2D eigenvalue weighted by Gasteiger charge is 2.26. The maximum atomic E-state index is 5.61. The van der Waals surface area contributed by atoms with Gasteiger partial charge in [-0.3, -0.25) is 4.57 Å². The van der Waals surface area contributed by atoms with Crippen LogP contribution in [0, 0.1) is 0 Å². The summed E-state index contributed by atoms with van der Waals surface area (Å²) >= 11 is 1.77. The summed E-state index contributed by atoms with van der Waals surface area (Å²) in [5, 5.41) is 13.5. The third kappa shape index (κ3) is 4.58. The fourth-order valence-electron chi connectivity index (χ4n) is 10.2. The Labute approximate surface area is 353 Å². The van der Waals surface area contributed by atoms with Crippen LogP contribution < -0.4 is 0 Å². The van der Waals surface area contributed by atoms with Crippen molar-refractivity contribution in [3.63, 3.8) is 0 Å². The Bertz CT molecular complexity index is 4100. The molecule has 0 saturated heterocycles. The molecule has 4 nitrogen and oxygen atoms in total. The van der Waals surface area contributed by atoms with E-state index in [1.54, 1.807) is 11.3 Å². The molecule has 0 bridgehead atoms. The Hall–Kier alpha value is -7.86. The lowest BCUT2D eigenvalue weighted by molar-refractivity contribution is 1.02. The molecule has 5 heteroatoms. The fraction of sp³-hybridized carbons (Fsp3) is 0. The Morgan fingerprint density at radius 1 is 0.361 bits per heavy atom. The van der Waals surface area contributed by atoms with Crippen molar-refractivity contribution in [1.82, 2.24) is 19.1 Å². The molecule has 10 aromatic carbocycles. The predicted octanol–water partition coefficient (Wildman–Crippen LogP) is 15.3. The highest BCUT2D eigenvalue weighted by molar-refractivity contribution is 7.26. The Balaban J connectivity index is 1.13. The Morgan fingerprint density at radius 2 is 0.918 bits per heavy atom. The van der Waals surface area contributed by atoms with Crippen LogP contribution in [0.3, 0.4) is 0 Å². The second-order valence-corrected chi connectivity index (χ2v) is 17.1. The van der Waals surface area contributed by atoms with E-state index in [4.69, 9.17) is 9.97 Å². The minimum absolute atomic E-state index is 0.667. The van der Waals surface area contributed by atoms with Gasteiger partial charge in [-0.2, -0.15) is 0 Å². The molecule has 14 aromatic rings. The molecule has 0 aliphatic carbocycles. The van der Waals surface area contributed by atoms with E-state index in [1.807, 2.05) is 0 Å². The molecule has 61 heavy (non-hydrogen) atoms. The van der Waals surface area contributed by atoms with Gasteiger partial charge in [0, 0.05) is 42.9 Å². The minimum atomic E-state index is 0.667. The monoisotopic (exact) mass is 792 g/mol. The predicted molar refractivity (Wildman–Crippen MR) is 258 cm³/mol. The lowest BCUT2D eigenvalue weighted by Crippen LogP contribution is -2.02. The molecule has 0 N–H and O–H groups in total. The van der Waals surface area contributed by atoms with Crippen LogP contribution in [0.25, 0.3) is 130 Å². The molecule has 4 aromatic heterocycles. The second kappa shape index (κ2) is 12.3. The van der Waals surface area contributed by atoms with Crippen LogP contribution in [0.5, 0.6) is 0 Å². The molecule has 0 aliphatic heterocycles. The van der Waals surface area contributed by atoms with Crippen molar-refractivity contribution in [2.75, 3.05) is 0 Å². The van der Waals surface area contributed by atoms with E-state index >= 15 is 0 Å². The van der Waals surface area contributed by atoms with Crippen LogP contribution in [0.1, 0.15) is 0 Å². The van der Waals surface area contributed by atoms with Crippen molar-refractivity contribution in [2.24, 2.45) is 0 Å². The molecule has 0 unspecified atom stereocenters. The zero-order valence-corrected chi connectivity index (χ0v) is 33.5. The van der Waals surface area contributed by atoms with E-state index in [-0.39, 0.29) is 0 Å². The van der Waals surface area contributed by atoms with Crippen molar-refractivity contribution >= 4 is 108 Å². The number of nitrogens with zero attached hydrogens (tertiary/aromatic N) is 4. The van der Waals surface area contributed by atoms with Crippen molar-refractivity contribution in [3.05, 3.63) is 194 Å². The van der Waals surface area contributed by atoms with Crippen LogP contribution in [0.15, 0.2) is 194 Å². The quantitative estimate of drug-likeness (QED) is 0.178. The third-order valence-corrected chi connectivity index (χ3v) is 14.0. The Morgan fingerprint density at radius 3 is 1.66 bits per heavy atom. The van der Waals surface area contributed by atoms with Gasteiger partial charge in [-0.05, 0) is 85.9 Å². The Kier molecular flexibility index (Phi) is 6.68. The molecule has 0 aliphatic rings. The number of benzene rings is 9. The van der Waals surface area contributed by atoms with E-state index in [1.165, 1.54) is 80.7 Å². The van der Waals surface area contributed by atoms with Crippen LogP contribution in [-0.4, -0.2) is 19.1 Å². The lowest BCUT2D eigenvalue weighted by atomic mass is 9.95. The number of rotatable bonds is 4. The van der Waals surface area contributed by atoms with Gasteiger partial charge >= 0.3 is 0 Å². The van der Waals surface area contributed by atoms with Gasteiger partial charge in [0.2, 0.25) is 5.95 Å². The van der Waals surface area contributed by atoms with Crippen molar-refractivity contribution in [3.8, 4) is 34.0 Å². The molecule has 14 rings (SSSR count). The largest absolute Gasteiger partial charge is 0.309 e. The summed E-state index contributed by atoms with van der Waals surface area (Å²) in [4.78, 5) is 11.2. The zero-order valence-electron chi connectivity index (χ0n) is 32.7. The van der Waals surface area contributed by atoms with Crippen molar-refractivity contribution < 1.29 is 0 Å². The number of hydrogen-bond acceptors (Lipinski definition) is 3. The van der Waals surface area contributed by atoms with Gasteiger partial charge in [-0.1, -0.05) is 152 Å². The SMILES string of the molecule is c1ccc(-c2ccc(-c3nc(-n4c5cccc6c7ccccc7c7cccc8c7c7c(c65)c4ccc7n8-c4ccc5ccccc5c4)nc4c3sc3ccccc34)cc2)cc1. The molecular weight excluding hydrogens is 761 g/mol. The van der Waals surface area contributed by atoms with Crippen LogP contribution >= 0.6 is 11.3 Å². The molecule has 282 valence electrons. The molecular formula is C56H32N4S. The van der Waals surface area contributed by atoms with E-state index in [2.05, 4.69) is 203 Å². The molecule has 0 saturated carbocycles. The zero-order chi connectivity index (χ0) is 39.8. The third-order valence-electron chi connectivity index (χ3n) is 12.9. The summed E-state index contributed by atoms with van der Waals surface area (Å²) in [7, 11) is 0. The summed E-state index contributed by atoms with van der Waals surface area (Å²) in [5.74, 6) is 0.667. The number of aromatic nitrogens is 4.